The van der Waals surface area contributed by atoms with Gasteiger partial charge >= 0.3 is 0 Å². The van der Waals surface area contributed by atoms with E-state index in [1.165, 1.54) is 5.69 Å². The average Bonchev–Trinajstić information content (AvgIpc) is 2.74. The first-order valence-electron chi connectivity index (χ1n) is 9.68. The van der Waals surface area contributed by atoms with Crippen molar-refractivity contribution in [3.05, 3.63) is 54.1 Å². The molecule has 152 valence electrons. The lowest BCUT2D eigenvalue weighted by atomic mass is 10.2. The van der Waals surface area contributed by atoms with Gasteiger partial charge in [-0.25, -0.2) is 0 Å². The van der Waals surface area contributed by atoms with Crippen molar-refractivity contribution in [2.24, 2.45) is 0 Å². The third-order valence-electron chi connectivity index (χ3n) is 4.99. The number of ether oxygens (including phenoxy) is 3. The van der Waals surface area contributed by atoms with Gasteiger partial charge < -0.3 is 24.2 Å². The normalized spacial score (nSPS) is 16.0. The Morgan fingerprint density at radius 1 is 0.929 bits per heavy atom. The molecule has 2 aromatic carbocycles. The fourth-order valence-corrected chi connectivity index (χ4v) is 3.46. The van der Waals surface area contributed by atoms with Crippen molar-refractivity contribution in [1.82, 2.24) is 4.90 Å². The molecule has 1 aliphatic rings. The Kier molecular flexibility index (Phi) is 7.54. The highest BCUT2D eigenvalue weighted by atomic mass is 16.5. The van der Waals surface area contributed by atoms with Crippen LogP contribution in [0.5, 0.6) is 11.5 Å². The van der Waals surface area contributed by atoms with E-state index in [2.05, 4.69) is 34.1 Å². The van der Waals surface area contributed by atoms with E-state index in [1.807, 2.05) is 24.3 Å². The number of hydrogen-bond donors (Lipinski definition) is 1. The summed E-state index contributed by atoms with van der Waals surface area (Å²) >= 11 is 0. The fourth-order valence-electron chi connectivity index (χ4n) is 3.46. The van der Waals surface area contributed by atoms with Crippen molar-refractivity contribution < 1.29 is 19.3 Å². The Labute approximate surface area is 167 Å². The molecule has 0 amide bonds. The second-order valence-electron chi connectivity index (χ2n) is 6.98. The highest BCUT2D eigenvalue weighted by Gasteiger charge is 2.19. The molecule has 1 aliphatic heterocycles. The van der Waals surface area contributed by atoms with Gasteiger partial charge in [-0.1, -0.05) is 24.3 Å². The molecule has 6 nitrogen and oxygen atoms in total. The molecule has 0 unspecified atom stereocenters. The van der Waals surface area contributed by atoms with Crippen LogP contribution in [0.2, 0.25) is 0 Å². The van der Waals surface area contributed by atoms with Crippen molar-refractivity contribution in [3.8, 4) is 11.5 Å². The van der Waals surface area contributed by atoms with Crippen LogP contribution in [0.15, 0.2) is 48.5 Å². The average molecular weight is 386 g/mol. The maximum Gasteiger partial charge on any atom is 0.161 e. The largest absolute Gasteiger partial charge is 0.493 e. The summed E-state index contributed by atoms with van der Waals surface area (Å²) in [5.41, 5.74) is 2.25. The second kappa shape index (κ2) is 10.3. The number of para-hydroxylation sites is 1. The molecule has 28 heavy (non-hydrogen) atoms. The molecule has 1 fully saturated rings. The van der Waals surface area contributed by atoms with Crippen molar-refractivity contribution in [2.45, 2.75) is 12.7 Å². The minimum Gasteiger partial charge on any atom is -0.493 e. The smallest absolute Gasteiger partial charge is 0.161 e. The summed E-state index contributed by atoms with van der Waals surface area (Å²) in [6, 6.07) is 16.2. The van der Waals surface area contributed by atoms with Gasteiger partial charge in [0.2, 0.25) is 0 Å². The maximum absolute atomic E-state index is 10.3. The maximum atomic E-state index is 10.3. The number of nitrogens with zero attached hydrogens (tertiary/aromatic N) is 2. The topological polar surface area (TPSA) is 54.4 Å². The Hall–Kier alpha value is -2.28. The molecule has 1 saturated heterocycles. The molecule has 0 bridgehead atoms. The van der Waals surface area contributed by atoms with E-state index in [0.29, 0.717) is 31.3 Å². The van der Waals surface area contributed by atoms with Crippen LogP contribution in [0, 0.1) is 0 Å². The monoisotopic (exact) mass is 386 g/mol. The van der Waals surface area contributed by atoms with Gasteiger partial charge in [-0.15, -0.1) is 0 Å². The number of aliphatic hydroxyl groups is 1. The Balaban J connectivity index is 1.38. The van der Waals surface area contributed by atoms with Crippen LogP contribution in [0.1, 0.15) is 5.56 Å². The predicted octanol–water partition coefficient (Wildman–Crippen LogP) is 2.40. The summed E-state index contributed by atoms with van der Waals surface area (Å²) < 4.78 is 16.2. The van der Waals surface area contributed by atoms with Gasteiger partial charge in [-0.05, 0) is 29.8 Å². The Morgan fingerprint density at radius 2 is 1.64 bits per heavy atom. The van der Waals surface area contributed by atoms with Crippen LogP contribution in [0.3, 0.4) is 0 Å². The van der Waals surface area contributed by atoms with Crippen molar-refractivity contribution in [2.75, 3.05) is 58.5 Å². The van der Waals surface area contributed by atoms with Crippen molar-refractivity contribution in [1.29, 1.82) is 0 Å². The standard InChI is InChI=1S/C22H30N2O4/c1-26-21-9-8-18(14-22(21)27-2)16-28-17-20(25)15-23-10-12-24(13-11-23)19-6-4-3-5-7-19/h3-9,14,20,25H,10-13,15-17H2,1-2H3/t20-/m0/s1. The Bertz CT molecular complexity index is 718. The van der Waals surface area contributed by atoms with Gasteiger partial charge in [0.15, 0.2) is 11.5 Å². The van der Waals surface area contributed by atoms with Crippen LogP contribution >= 0.6 is 0 Å². The highest BCUT2D eigenvalue weighted by Crippen LogP contribution is 2.27. The first kappa shape index (κ1) is 20.5. The minimum absolute atomic E-state index is 0.313. The van der Waals surface area contributed by atoms with Crippen LogP contribution < -0.4 is 14.4 Å². The van der Waals surface area contributed by atoms with E-state index >= 15 is 0 Å². The molecule has 1 N–H and O–H groups in total. The second-order valence-corrected chi connectivity index (χ2v) is 6.98. The van der Waals surface area contributed by atoms with Crippen LogP contribution in [-0.2, 0) is 11.3 Å². The highest BCUT2D eigenvalue weighted by molar-refractivity contribution is 5.46. The Morgan fingerprint density at radius 3 is 2.32 bits per heavy atom. The molecule has 0 aliphatic carbocycles. The number of piperazine rings is 1. The van der Waals surface area contributed by atoms with E-state index in [1.54, 1.807) is 14.2 Å². The molecule has 3 rings (SSSR count). The van der Waals surface area contributed by atoms with Gasteiger partial charge in [0.1, 0.15) is 0 Å². The quantitative estimate of drug-likeness (QED) is 0.714. The van der Waals surface area contributed by atoms with Crippen LogP contribution in [0.4, 0.5) is 5.69 Å². The molecular weight excluding hydrogens is 356 g/mol. The number of benzene rings is 2. The summed E-state index contributed by atoms with van der Waals surface area (Å²) in [5, 5.41) is 10.3. The van der Waals surface area contributed by atoms with E-state index in [4.69, 9.17) is 14.2 Å². The SMILES string of the molecule is COc1ccc(COC[C@@H](O)CN2CCN(c3ccccc3)CC2)cc1OC. The van der Waals surface area contributed by atoms with Gasteiger partial charge in [0.05, 0.1) is 33.5 Å². The van der Waals surface area contributed by atoms with Gasteiger partial charge in [0.25, 0.3) is 0 Å². The number of anilines is 1. The van der Waals surface area contributed by atoms with Crippen LogP contribution in [-0.4, -0.2) is 69.7 Å². The summed E-state index contributed by atoms with van der Waals surface area (Å²) in [6.45, 7) is 5.22. The molecule has 2 aromatic rings. The molecule has 0 saturated carbocycles. The third kappa shape index (κ3) is 5.61. The molecular formula is C22H30N2O4. The van der Waals surface area contributed by atoms with Gasteiger partial charge in [-0.3, -0.25) is 4.90 Å². The van der Waals surface area contributed by atoms with Crippen LogP contribution in [0.25, 0.3) is 0 Å². The summed E-state index contributed by atoms with van der Waals surface area (Å²) in [5.74, 6) is 1.38. The first-order chi connectivity index (χ1) is 13.7. The van der Waals surface area contributed by atoms with E-state index in [0.717, 1.165) is 31.7 Å². The summed E-state index contributed by atoms with van der Waals surface area (Å²) in [6.07, 6.45) is -0.497. The zero-order valence-electron chi connectivity index (χ0n) is 16.7. The zero-order chi connectivity index (χ0) is 19.8. The van der Waals surface area contributed by atoms with Gasteiger partial charge in [-0.2, -0.15) is 0 Å². The summed E-state index contributed by atoms with van der Waals surface area (Å²) in [7, 11) is 3.23. The van der Waals surface area contributed by atoms with Crippen molar-refractivity contribution >= 4 is 5.69 Å². The minimum atomic E-state index is -0.497. The molecule has 0 aromatic heterocycles. The number of β-amino-alcohol motifs (C(OH)–C–C–N with tert-alkyl or cyclic N) is 1. The number of rotatable bonds is 9. The molecule has 0 radical (unpaired) electrons. The van der Waals surface area contributed by atoms with E-state index in [9.17, 15) is 5.11 Å². The lowest BCUT2D eigenvalue weighted by molar-refractivity contribution is 0.00909. The lowest BCUT2D eigenvalue weighted by Crippen LogP contribution is -2.49. The zero-order valence-corrected chi connectivity index (χ0v) is 16.7. The van der Waals surface area contributed by atoms with Gasteiger partial charge in [0, 0.05) is 38.4 Å². The van der Waals surface area contributed by atoms with Crippen molar-refractivity contribution in [3.63, 3.8) is 0 Å². The third-order valence-corrected chi connectivity index (χ3v) is 4.99. The van der Waals surface area contributed by atoms with E-state index in [-0.39, 0.29) is 0 Å². The number of aliphatic hydroxyl groups excluding tert-OH is 1. The predicted molar refractivity (Wildman–Crippen MR) is 110 cm³/mol. The number of methoxy groups -OCH3 is 2. The molecule has 6 heteroatoms. The lowest BCUT2D eigenvalue weighted by Gasteiger charge is -2.36. The molecule has 0 spiro atoms. The number of hydrogen-bond acceptors (Lipinski definition) is 6. The molecule has 1 atom stereocenters. The van der Waals surface area contributed by atoms with E-state index < -0.39 is 6.10 Å². The fraction of sp³-hybridized carbons (Fsp3) is 0.455. The summed E-state index contributed by atoms with van der Waals surface area (Å²) in [4.78, 5) is 4.68. The molecule has 1 heterocycles. The first-order valence-corrected chi connectivity index (χ1v) is 9.68.